The van der Waals surface area contributed by atoms with Crippen LogP contribution in [0.25, 0.3) is 0 Å². The van der Waals surface area contributed by atoms with E-state index in [1.807, 2.05) is 35.2 Å². The monoisotopic (exact) mass is 603 g/mol. The molecule has 1 amide bonds. The van der Waals surface area contributed by atoms with Crippen molar-refractivity contribution in [3.63, 3.8) is 0 Å². The molecule has 6 nitrogen and oxygen atoms in total. The molecule has 3 aromatic carbocycles. The van der Waals surface area contributed by atoms with E-state index in [-0.39, 0.29) is 24.5 Å². The van der Waals surface area contributed by atoms with Crippen LogP contribution in [0.1, 0.15) is 68.7 Å². The van der Waals surface area contributed by atoms with E-state index in [0.29, 0.717) is 28.5 Å². The zero-order chi connectivity index (χ0) is 30.7. The molecule has 0 bridgehead atoms. The first-order chi connectivity index (χ1) is 20.7. The topological polar surface area (TPSA) is 45.3 Å². The molecule has 43 heavy (non-hydrogen) atoms. The summed E-state index contributed by atoms with van der Waals surface area (Å²) in [5.41, 5.74) is 5.03. The van der Waals surface area contributed by atoms with E-state index in [1.54, 1.807) is 7.11 Å². The number of methoxy groups -OCH3 is 1. The minimum Gasteiger partial charge on any atom is -0.493 e. The van der Waals surface area contributed by atoms with Crippen LogP contribution in [0.3, 0.4) is 0 Å². The van der Waals surface area contributed by atoms with E-state index in [9.17, 15) is 4.79 Å². The highest BCUT2D eigenvalue weighted by molar-refractivity contribution is 6.30. The number of nitrogens with zero attached hydrogens (tertiary/aromatic N) is 3. The van der Waals surface area contributed by atoms with Gasteiger partial charge in [-0.05, 0) is 124 Å². The molecule has 230 valence electrons. The van der Waals surface area contributed by atoms with Crippen LogP contribution in [0.15, 0.2) is 60.7 Å². The summed E-state index contributed by atoms with van der Waals surface area (Å²) >= 11 is 6.28. The number of benzene rings is 3. The third-order valence-corrected chi connectivity index (χ3v) is 9.58. The van der Waals surface area contributed by atoms with Gasteiger partial charge in [0, 0.05) is 36.0 Å². The highest BCUT2D eigenvalue weighted by Gasteiger charge is 2.36. The van der Waals surface area contributed by atoms with Gasteiger partial charge in [-0.1, -0.05) is 30.7 Å². The largest absolute Gasteiger partial charge is 0.493 e. The van der Waals surface area contributed by atoms with Gasteiger partial charge >= 0.3 is 0 Å². The zero-order valence-electron chi connectivity index (χ0n) is 26.5. The average molecular weight is 604 g/mol. The molecule has 0 radical (unpaired) electrons. The van der Waals surface area contributed by atoms with Gasteiger partial charge in [0.2, 0.25) is 5.91 Å². The van der Waals surface area contributed by atoms with Crippen molar-refractivity contribution < 1.29 is 14.3 Å². The summed E-state index contributed by atoms with van der Waals surface area (Å²) in [5.74, 6) is 2.10. The molecule has 1 saturated carbocycles. The summed E-state index contributed by atoms with van der Waals surface area (Å²) in [6.07, 6.45) is 6.28. The van der Waals surface area contributed by atoms with E-state index in [2.05, 4.69) is 75.1 Å². The van der Waals surface area contributed by atoms with Crippen LogP contribution < -0.4 is 19.3 Å². The van der Waals surface area contributed by atoms with Gasteiger partial charge < -0.3 is 24.2 Å². The number of amides is 1. The molecule has 1 fully saturated rings. The molecule has 1 heterocycles. The van der Waals surface area contributed by atoms with Crippen LogP contribution >= 0.6 is 11.6 Å². The van der Waals surface area contributed by atoms with E-state index >= 15 is 0 Å². The number of ether oxygens (including phenoxy) is 2. The first kappa shape index (κ1) is 31.2. The van der Waals surface area contributed by atoms with Crippen LogP contribution in [0.2, 0.25) is 5.02 Å². The predicted molar refractivity (Wildman–Crippen MR) is 177 cm³/mol. The number of carbonyl (C=O) groups is 1. The van der Waals surface area contributed by atoms with E-state index in [1.165, 1.54) is 31.4 Å². The number of hydrogen-bond acceptors (Lipinski definition) is 5. The van der Waals surface area contributed by atoms with Gasteiger partial charge in [-0.2, -0.15) is 0 Å². The first-order valence-corrected chi connectivity index (χ1v) is 16.0. The minimum atomic E-state index is -0.325. The second-order valence-electron chi connectivity index (χ2n) is 12.5. The van der Waals surface area contributed by atoms with Crippen molar-refractivity contribution in [1.82, 2.24) is 4.90 Å². The Labute approximate surface area is 262 Å². The van der Waals surface area contributed by atoms with Crippen LogP contribution in [0.4, 0.5) is 11.4 Å². The zero-order valence-corrected chi connectivity index (χ0v) is 27.2. The maximum atomic E-state index is 13.9. The Morgan fingerprint density at radius 2 is 1.63 bits per heavy atom. The number of anilines is 2. The number of fused-ring (bicyclic) bond motifs is 1. The number of rotatable bonds is 10. The molecule has 0 N–H and O–H groups in total. The van der Waals surface area contributed by atoms with E-state index in [4.69, 9.17) is 21.1 Å². The standard InChI is InChI=1S/C36H46ClN3O3/c1-7-24(2)43-34-22-32-27(20-33(34)42-6)21-35(41)40(36(32)26-10-12-28(37)13-11-26)31-18-16-30(17-19-31)39(5)23-25-8-14-29(15-9-25)38(3)4/h10-13,16-20,22,24-25,29,36H,7-9,14-15,21,23H2,1-6H3/t24-,25?,29?,36?/m1/s1. The van der Waals surface area contributed by atoms with Crippen molar-refractivity contribution in [2.24, 2.45) is 5.92 Å². The Bertz CT molecular complexity index is 1380. The van der Waals surface area contributed by atoms with Gasteiger partial charge in [0.05, 0.1) is 25.7 Å². The molecule has 2 aliphatic rings. The van der Waals surface area contributed by atoms with E-state index in [0.717, 1.165) is 35.3 Å². The van der Waals surface area contributed by atoms with Crippen LogP contribution in [0.5, 0.6) is 11.5 Å². The summed E-state index contributed by atoms with van der Waals surface area (Å²) in [6.45, 7) is 5.20. The Morgan fingerprint density at radius 3 is 2.23 bits per heavy atom. The van der Waals surface area contributed by atoms with Crippen LogP contribution in [-0.2, 0) is 11.2 Å². The molecule has 1 aliphatic heterocycles. The Kier molecular flexibility index (Phi) is 9.88. The van der Waals surface area contributed by atoms with Crippen molar-refractivity contribution in [2.75, 3.05) is 44.6 Å². The molecule has 1 unspecified atom stereocenters. The maximum Gasteiger partial charge on any atom is 0.232 e. The maximum absolute atomic E-state index is 13.9. The predicted octanol–water partition coefficient (Wildman–Crippen LogP) is 7.76. The highest BCUT2D eigenvalue weighted by Crippen LogP contribution is 2.44. The molecule has 0 aromatic heterocycles. The number of carbonyl (C=O) groups excluding carboxylic acids is 1. The van der Waals surface area contributed by atoms with Gasteiger partial charge in [0.1, 0.15) is 0 Å². The van der Waals surface area contributed by atoms with Gasteiger partial charge in [-0.3, -0.25) is 4.79 Å². The van der Waals surface area contributed by atoms with Crippen molar-refractivity contribution in [1.29, 1.82) is 0 Å². The molecule has 1 aliphatic carbocycles. The summed E-state index contributed by atoms with van der Waals surface area (Å²) in [7, 11) is 8.21. The quantitative estimate of drug-likeness (QED) is 0.237. The second kappa shape index (κ2) is 13.6. The van der Waals surface area contributed by atoms with Gasteiger partial charge in [0.25, 0.3) is 0 Å². The molecule has 7 heteroatoms. The lowest BCUT2D eigenvalue weighted by molar-refractivity contribution is -0.118. The molecule has 0 spiro atoms. The van der Waals surface area contributed by atoms with Gasteiger partial charge in [-0.25, -0.2) is 0 Å². The molecule has 3 aromatic rings. The van der Waals surface area contributed by atoms with Crippen molar-refractivity contribution >= 4 is 28.9 Å². The number of hydrogen-bond donors (Lipinski definition) is 0. The Hall–Kier alpha value is -3.22. The Balaban J connectivity index is 1.44. The summed E-state index contributed by atoms with van der Waals surface area (Å²) < 4.78 is 12.0. The average Bonchev–Trinajstić information content (AvgIpc) is 3.01. The fraction of sp³-hybridized carbons (Fsp3) is 0.472. The fourth-order valence-corrected chi connectivity index (χ4v) is 6.71. The normalized spacial score (nSPS) is 21.0. The first-order valence-electron chi connectivity index (χ1n) is 15.6. The summed E-state index contributed by atoms with van der Waals surface area (Å²) in [4.78, 5) is 20.5. The third-order valence-electron chi connectivity index (χ3n) is 9.32. The highest BCUT2D eigenvalue weighted by atomic mass is 35.5. The second-order valence-corrected chi connectivity index (χ2v) is 12.9. The lowest BCUT2D eigenvalue weighted by Gasteiger charge is -2.38. The third kappa shape index (κ3) is 6.97. The van der Waals surface area contributed by atoms with E-state index < -0.39 is 0 Å². The molecular formula is C36H46ClN3O3. The fourth-order valence-electron chi connectivity index (χ4n) is 6.58. The Morgan fingerprint density at radius 1 is 0.953 bits per heavy atom. The summed E-state index contributed by atoms with van der Waals surface area (Å²) in [5, 5.41) is 0.663. The SMILES string of the molecule is CC[C@@H](C)Oc1cc2c(cc1OC)CC(=O)N(c1ccc(N(C)CC3CCC(N(C)C)CC3)cc1)C2c1ccc(Cl)cc1. The smallest absolute Gasteiger partial charge is 0.232 e. The molecule has 2 atom stereocenters. The van der Waals surface area contributed by atoms with Crippen LogP contribution in [0, 0.1) is 5.92 Å². The van der Waals surface area contributed by atoms with Gasteiger partial charge in [0.15, 0.2) is 11.5 Å². The molecular weight excluding hydrogens is 558 g/mol. The lowest BCUT2D eigenvalue weighted by atomic mass is 9.85. The summed E-state index contributed by atoms with van der Waals surface area (Å²) in [6, 6.07) is 20.7. The minimum absolute atomic E-state index is 0.0369. The van der Waals surface area contributed by atoms with Crippen molar-refractivity contribution in [3.8, 4) is 11.5 Å². The molecule has 5 rings (SSSR count). The lowest BCUT2D eigenvalue weighted by Crippen LogP contribution is -2.41. The van der Waals surface area contributed by atoms with Crippen LogP contribution in [-0.4, -0.2) is 57.8 Å². The van der Waals surface area contributed by atoms with Crippen molar-refractivity contribution in [3.05, 3.63) is 82.4 Å². The molecule has 0 saturated heterocycles. The van der Waals surface area contributed by atoms with Crippen molar-refractivity contribution in [2.45, 2.75) is 70.6 Å². The van der Waals surface area contributed by atoms with Gasteiger partial charge in [-0.15, -0.1) is 0 Å². The number of halogens is 1.